The fourth-order valence-corrected chi connectivity index (χ4v) is 5.31. The van der Waals surface area contributed by atoms with Crippen molar-refractivity contribution in [3.8, 4) is 17.2 Å². The summed E-state index contributed by atoms with van der Waals surface area (Å²) in [6, 6.07) is 12.0. The maximum atomic E-state index is 13.3. The Morgan fingerprint density at radius 1 is 0.933 bits per heavy atom. The molecule has 0 amide bonds. The van der Waals surface area contributed by atoms with Crippen LogP contribution in [-0.4, -0.2) is 94.3 Å². The van der Waals surface area contributed by atoms with Crippen LogP contribution < -0.4 is 4.74 Å². The van der Waals surface area contributed by atoms with Crippen molar-refractivity contribution in [3.05, 3.63) is 77.1 Å². The van der Waals surface area contributed by atoms with Gasteiger partial charge in [0.25, 0.3) is 0 Å². The minimum atomic E-state index is -1.70. The summed E-state index contributed by atoms with van der Waals surface area (Å²) in [6.07, 6.45) is -5.85. The molecule has 0 saturated carbocycles. The molecule has 6 rings (SSSR count). The van der Waals surface area contributed by atoms with Crippen molar-refractivity contribution in [1.29, 1.82) is 0 Å². The lowest BCUT2D eigenvalue weighted by molar-refractivity contribution is -0.327. The lowest BCUT2D eigenvalue weighted by Gasteiger charge is -2.42. The second-order valence-electron chi connectivity index (χ2n) is 10.8. The third-order valence-electron chi connectivity index (χ3n) is 7.87. The van der Waals surface area contributed by atoms with E-state index in [0.29, 0.717) is 24.2 Å². The summed E-state index contributed by atoms with van der Waals surface area (Å²) in [4.78, 5) is 26.3. The first-order valence-electron chi connectivity index (χ1n) is 14.6. The maximum Gasteiger partial charge on any atom is 0.337 e. The second kappa shape index (κ2) is 14.4. The monoisotopic (exact) mass is 628 g/mol. The Morgan fingerprint density at radius 3 is 2.38 bits per heavy atom. The predicted octanol–water partition coefficient (Wildman–Crippen LogP) is 1.38. The average Bonchev–Trinajstić information content (AvgIpc) is 3.03. The summed E-state index contributed by atoms with van der Waals surface area (Å²) >= 11 is 0. The number of benzene rings is 2. The zero-order valence-corrected chi connectivity index (χ0v) is 24.5. The first-order valence-corrected chi connectivity index (χ1v) is 14.6. The summed E-state index contributed by atoms with van der Waals surface area (Å²) in [7, 11) is 0. The predicted molar refractivity (Wildman–Crippen MR) is 154 cm³/mol. The maximum absolute atomic E-state index is 13.3. The number of aliphatic hydroxyl groups is 4. The van der Waals surface area contributed by atoms with E-state index in [4.69, 9.17) is 28.4 Å². The molecule has 2 aromatic carbocycles. The van der Waals surface area contributed by atoms with Gasteiger partial charge in [-0.2, -0.15) is 0 Å². The average molecular weight is 629 g/mol. The molecule has 45 heavy (non-hydrogen) atoms. The first kappa shape index (κ1) is 32.4. The molecule has 4 bridgehead atoms. The van der Waals surface area contributed by atoms with Crippen LogP contribution in [0.3, 0.4) is 0 Å². The van der Waals surface area contributed by atoms with Crippen LogP contribution in [0.1, 0.15) is 24.5 Å². The van der Waals surface area contributed by atoms with E-state index in [0.717, 1.165) is 17.4 Å². The van der Waals surface area contributed by atoms with Crippen LogP contribution in [0.5, 0.6) is 17.2 Å². The number of ether oxygens (including phenoxy) is 6. The summed E-state index contributed by atoms with van der Waals surface area (Å²) in [5.74, 6) is -1.55. The molecule has 0 unspecified atom stereocenters. The molecule has 0 aliphatic carbocycles. The Labute approximate surface area is 258 Å². The molecule has 5 N–H and O–H groups in total. The van der Waals surface area contributed by atoms with Crippen molar-refractivity contribution in [2.45, 2.75) is 63.2 Å². The molecule has 0 aromatic heterocycles. The molecule has 7 atom stereocenters. The Kier molecular flexibility index (Phi) is 10.4. The smallest absolute Gasteiger partial charge is 0.337 e. The molecule has 4 aliphatic rings. The van der Waals surface area contributed by atoms with Crippen molar-refractivity contribution in [3.63, 3.8) is 0 Å². The topological polar surface area (TPSA) is 191 Å². The summed E-state index contributed by atoms with van der Waals surface area (Å²) < 4.78 is 33.9. The highest BCUT2D eigenvalue weighted by Crippen LogP contribution is 2.37. The summed E-state index contributed by atoms with van der Waals surface area (Å²) in [5, 5.41) is 50.6. The fraction of sp³-hybridized carbons (Fsp3) is 0.438. The molecule has 1 saturated heterocycles. The number of phenolic OH excluding ortho intramolecular Hbond substituents is 1. The SMILES string of the molecule is C/C=C1/[C@H](O[C@H]2O[C@H](CO)[C@@H](O)[C@H](O)[C@H]2O)OC=C2C(=O)OCCc3ccc(cc3)Oc3cc(ccc3O)CCOC(=O)C[C@H]21. The zero-order chi connectivity index (χ0) is 32.1. The number of carbonyl (C=O) groups is 2. The largest absolute Gasteiger partial charge is 0.504 e. The van der Waals surface area contributed by atoms with Crippen LogP contribution in [0.15, 0.2) is 65.9 Å². The number of phenols is 1. The quantitative estimate of drug-likeness (QED) is 0.242. The normalized spacial score (nSPS) is 30.4. The van der Waals surface area contributed by atoms with Crippen molar-refractivity contribution in [1.82, 2.24) is 0 Å². The molecule has 242 valence electrons. The Hall–Kier alpha value is -3.98. The van der Waals surface area contributed by atoms with Crippen LogP contribution >= 0.6 is 0 Å². The molecule has 2 aromatic rings. The van der Waals surface area contributed by atoms with Gasteiger partial charge in [-0.05, 0) is 42.3 Å². The number of esters is 2. The zero-order valence-electron chi connectivity index (χ0n) is 24.5. The standard InChI is InChI=1S/C32H36O13/c1-2-20-21-14-26(35)40-11-10-18-5-8-23(34)24(13-18)43-19-6-3-17(4-7-19)9-12-41-30(39)22(21)16-42-31(20)45-32-29(38)28(37)27(36)25(15-33)44-32/h2-8,13,16,21,25,27-29,31-34,36-38H,9-12,14-15H2,1H3/b20-2+/t21-,25+,27+,28-,29+,31-,32+/m0/s1. The highest BCUT2D eigenvalue weighted by atomic mass is 16.8. The lowest BCUT2D eigenvalue weighted by atomic mass is 9.86. The van der Waals surface area contributed by atoms with Gasteiger partial charge in [-0.15, -0.1) is 0 Å². The molecule has 13 nitrogen and oxygen atoms in total. The van der Waals surface area contributed by atoms with Crippen LogP contribution in [0.2, 0.25) is 0 Å². The second-order valence-corrected chi connectivity index (χ2v) is 10.8. The molecule has 13 heteroatoms. The van der Waals surface area contributed by atoms with Gasteiger partial charge in [0, 0.05) is 24.3 Å². The van der Waals surface area contributed by atoms with Gasteiger partial charge in [-0.1, -0.05) is 24.3 Å². The summed E-state index contributed by atoms with van der Waals surface area (Å²) in [5.41, 5.74) is 1.98. The number of aromatic hydroxyl groups is 1. The molecule has 4 heterocycles. The number of fused-ring (bicyclic) bond motifs is 9. The van der Waals surface area contributed by atoms with Crippen molar-refractivity contribution < 1.29 is 63.5 Å². The van der Waals surface area contributed by atoms with Gasteiger partial charge in [0.15, 0.2) is 17.8 Å². The van der Waals surface area contributed by atoms with E-state index >= 15 is 0 Å². The van der Waals surface area contributed by atoms with Crippen LogP contribution in [0.4, 0.5) is 0 Å². The number of hydrogen-bond acceptors (Lipinski definition) is 13. The van der Waals surface area contributed by atoms with E-state index in [2.05, 4.69) is 0 Å². The van der Waals surface area contributed by atoms with E-state index in [1.54, 1.807) is 37.3 Å². The highest BCUT2D eigenvalue weighted by Gasteiger charge is 2.47. The van der Waals surface area contributed by atoms with E-state index < -0.39 is 61.5 Å². The molecule has 0 spiro atoms. The highest BCUT2D eigenvalue weighted by molar-refractivity contribution is 5.91. The van der Waals surface area contributed by atoms with Crippen molar-refractivity contribution in [2.24, 2.45) is 5.92 Å². The van der Waals surface area contributed by atoms with E-state index in [9.17, 15) is 35.1 Å². The number of allylic oxidation sites excluding steroid dienone is 1. The van der Waals surface area contributed by atoms with Gasteiger partial charge >= 0.3 is 11.9 Å². The van der Waals surface area contributed by atoms with E-state index in [1.165, 1.54) is 6.07 Å². The van der Waals surface area contributed by atoms with Gasteiger partial charge in [-0.3, -0.25) is 4.79 Å². The Morgan fingerprint density at radius 2 is 1.64 bits per heavy atom. The Balaban J connectivity index is 1.38. The third-order valence-corrected chi connectivity index (χ3v) is 7.87. The van der Waals surface area contributed by atoms with Crippen LogP contribution in [0, 0.1) is 5.92 Å². The van der Waals surface area contributed by atoms with Crippen molar-refractivity contribution in [2.75, 3.05) is 19.8 Å². The van der Waals surface area contributed by atoms with Gasteiger partial charge in [0.05, 0.1) is 38.1 Å². The number of hydrogen-bond donors (Lipinski definition) is 5. The van der Waals surface area contributed by atoms with Gasteiger partial charge in [0.1, 0.15) is 30.2 Å². The number of rotatable bonds is 3. The minimum absolute atomic E-state index is 0.000427. The molecule has 0 radical (unpaired) electrons. The van der Waals surface area contributed by atoms with Gasteiger partial charge in [-0.25, -0.2) is 4.79 Å². The van der Waals surface area contributed by atoms with Crippen LogP contribution in [-0.2, 0) is 46.1 Å². The number of aliphatic hydroxyl groups excluding tert-OH is 4. The van der Waals surface area contributed by atoms with E-state index in [-0.39, 0.29) is 36.7 Å². The van der Waals surface area contributed by atoms with Crippen LogP contribution in [0.25, 0.3) is 0 Å². The van der Waals surface area contributed by atoms with Gasteiger partial charge < -0.3 is 54.0 Å². The van der Waals surface area contributed by atoms with Gasteiger partial charge in [0.2, 0.25) is 6.29 Å². The lowest BCUT2D eigenvalue weighted by Crippen LogP contribution is -2.60. The molecule has 1 fully saturated rings. The van der Waals surface area contributed by atoms with Crippen molar-refractivity contribution >= 4 is 11.9 Å². The minimum Gasteiger partial charge on any atom is -0.504 e. The molecule has 4 aliphatic heterocycles. The number of carbonyl (C=O) groups excluding carboxylic acids is 2. The summed E-state index contributed by atoms with van der Waals surface area (Å²) in [6.45, 7) is 1.01. The van der Waals surface area contributed by atoms with E-state index in [1.807, 2.05) is 12.1 Å². The fourth-order valence-electron chi connectivity index (χ4n) is 5.31. The first-order chi connectivity index (χ1) is 21.7. The molecular formula is C32H36O13. The Bertz CT molecular complexity index is 1420. The third kappa shape index (κ3) is 7.47. The molecular weight excluding hydrogens is 592 g/mol.